The van der Waals surface area contributed by atoms with Gasteiger partial charge in [-0.15, -0.1) is 0 Å². The predicted octanol–water partition coefficient (Wildman–Crippen LogP) is 3.09. The first kappa shape index (κ1) is 19.1. The highest BCUT2D eigenvalue weighted by Crippen LogP contribution is 2.26. The van der Waals surface area contributed by atoms with E-state index in [0.717, 1.165) is 41.7 Å². The highest BCUT2D eigenvalue weighted by atomic mass is 16.2. The molecule has 2 aliphatic rings. The van der Waals surface area contributed by atoms with Gasteiger partial charge in [0.15, 0.2) is 0 Å². The van der Waals surface area contributed by atoms with Crippen LogP contribution >= 0.6 is 0 Å². The number of amides is 4. The number of hydrogen-bond donors (Lipinski definition) is 0. The first-order valence-electron chi connectivity index (χ1n) is 9.86. The quantitative estimate of drug-likeness (QED) is 0.711. The second-order valence-corrected chi connectivity index (χ2v) is 7.54. The maximum atomic E-state index is 12.5. The number of rotatable bonds is 6. The minimum Gasteiger partial charge on any atom is -0.277 e. The zero-order chi connectivity index (χ0) is 20.7. The molecule has 0 fully saturated rings. The van der Waals surface area contributed by atoms with Gasteiger partial charge >= 0.3 is 0 Å². The second kappa shape index (κ2) is 7.28. The Labute approximate surface area is 169 Å². The lowest BCUT2D eigenvalue weighted by atomic mass is 9.98. The summed E-state index contributed by atoms with van der Waals surface area (Å²) in [5.74, 6) is -0.934. The zero-order valence-electron chi connectivity index (χ0n) is 16.5. The summed E-state index contributed by atoms with van der Waals surface area (Å²) in [5.41, 5.74) is 3.91. The van der Waals surface area contributed by atoms with Crippen LogP contribution < -0.4 is 0 Å². The fraction of sp³-hybridized carbons (Fsp3) is 0.304. The van der Waals surface area contributed by atoms with Gasteiger partial charge in [0, 0.05) is 13.6 Å². The van der Waals surface area contributed by atoms with Gasteiger partial charge < -0.3 is 0 Å². The standard InChI is InChI=1S/C23H22N2O4/c1-3-11-25-22(28)17-10-8-15(13-19(17)23(25)29)6-4-5-14-7-9-16-18(12-14)21(27)24(2)20(16)26/h7-10,12-13H,3-6,11H2,1-2H3. The minimum absolute atomic E-state index is 0.208. The molecule has 0 aliphatic carbocycles. The van der Waals surface area contributed by atoms with Crippen molar-refractivity contribution in [2.45, 2.75) is 32.6 Å². The molecule has 2 aromatic rings. The highest BCUT2D eigenvalue weighted by Gasteiger charge is 2.35. The Morgan fingerprint density at radius 2 is 1.17 bits per heavy atom. The first-order valence-corrected chi connectivity index (χ1v) is 9.86. The van der Waals surface area contributed by atoms with Crippen molar-refractivity contribution in [3.8, 4) is 0 Å². The summed E-state index contributed by atoms with van der Waals surface area (Å²) in [5, 5.41) is 0. The van der Waals surface area contributed by atoms with Crippen molar-refractivity contribution in [1.82, 2.24) is 9.80 Å². The van der Waals surface area contributed by atoms with E-state index >= 15 is 0 Å². The molecule has 0 saturated carbocycles. The summed E-state index contributed by atoms with van der Waals surface area (Å²) < 4.78 is 0. The van der Waals surface area contributed by atoms with Crippen LogP contribution in [-0.4, -0.2) is 47.0 Å². The Morgan fingerprint density at radius 3 is 1.76 bits per heavy atom. The van der Waals surface area contributed by atoms with E-state index in [9.17, 15) is 19.2 Å². The van der Waals surface area contributed by atoms with Crippen molar-refractivity contribution in [3.05, 3.63) is 69.8 Å². The number of nitrogens with zero attached hydrogens (tertiary/aromatic N) is 2. The Hall–Kier alpha value is -3.28. The molecule has 0 N–H and O–H groups in total. The van der Waals surface area contributed by atoms with Crippen LogP contribution in [0.3, 0.4) is 0 Å². The predicted molar refractivity (Wildman–Crippen MR) is 107 cm³/mol. The molecule has 0 bridgehead atoms. The molecule has 2 heterocycles. The van der Waals surface area contributed by atoms with Crippen LogP contribution in [0.2, 0.25) is 0 Å². The molecular weight excluding hydrogens is 368 g/mol. The summed E-state index contributed by atoms with van der Waals surface area (Å²) in [6, 6.07) is 10.9. The Balaban J connectivity index is 1.43. The van der Waals surface area contributed by atoms with Crippen LogP contribution in [-0.2, 0) is 12.8 Å². The van der Waals surface area contributed by atoms with Gasteiger partial charge in [-0.1, -0.05) is 19.1 Å². The van der Waals surface area contributed by atoms with Crippen molar-refractivity contribution in [2.24, 2.45) is 0 Å². The molecule has 0 atom stereocenters. The first-order chi connectivity index (χ1) is 13.9. The third-order valence-corrected chi connectivity index (χ3v) is 5.57. The molecule has 6 heteroatoms. The second-order valence-electron chi connectivity index (χ2n) is 7.54. The summed E-state index contributed by atoms with van der Waals surface area (Å²) in [6.45, 7) is 2.38. The number of aryl methyl sites for hydroxylation is 2. The van der Waals surface area contributed by atoms with Gasteiger partial charge in [-0.25, -0.2) is 0 Å². The normalized spacial score (nSPS) is 15.4. The average molecular weight is 390 g/mol. The Kier molecular flexibility index (Phi) is 4.78. The number of hydrogen-bond acceptors (Lipinski definition) is 4. The molecule has 2 aromatic carbocycles. The lowest BCUT2D eigenvalue weighted by Gasteiger charge is -2.11. The van der Waals surface area contributed by atoms with Gasteiger partial charge in [-0.2, -0.15) is 0 Å². The van der Waals surface area contributed by atoms with Crippen molar-refractivity contribution < 1.29 is 19.2 Å². The van der Waals surface area contributed by atoms with E-state index in [-0.39, 0.29) is 23.6 Å². The molecule has 0 saturated heterocycles. The molecule has 0 unspecified atom stereocenters. The van der Waals surface area contributed by atoms with Crippen molar-refractivity contribution in [2.75, 3.05) is 13.6 Å². The Bertz CT molecular complexity index is 1060. The molecule has 0 spiro atoms. The number of fused-ring (bicyclic) bond motifs is 2. The summed E-state index contributed by atoms with van der Waals surface area (Å²) in [4.78, 5) is 51.4. The van der Waals surface area contributed by atoms with Crippen molar-refractivity contribution >= 4 is 23.6 Å². The molecule has 4 amide bonds. The monoisotopic (exact) mass is 390 g/mol. The van der Waals surface area contributed by atoms with Crippen LogP contribution in [0.15, 0.2) is 36.4 Å². The van der Waals surface area contributed by atoms with E-state index in [0.29, 0.717) is 28.8 Å². The fourth-order valence-corrected chi connectivity index (χ4v) is 3.98. The van der Waals surface area contributed by atoms with Crippen LogP contribution in [0.5, 0.6) is 0 Å². The van der Waals surface area contributed by atoms with E-state index < -0.39 is 0 Å². The van der Waals surface area contributed by atoms with Crippen LogP contribution in [0.4, 0.5) is 0 Å². The molecule has 0 radical (unpaired) electrons. The van der Waals surface area contributed by atoms with E-state index in [1.807, 2.05) is 25.1 Å². The van der Waals surface area contributed by atoms with Gasteiger partial charge in [0.25, 0.3) is 23.6 Å². The van der Waals surface area contributed by atoms with E-state index in [2.05, 4.69) is 0 Å². The summed E-state index contributed by atoms with van der Waals surface area (Å²) in [6.07, 6.45) is 3.08. The maximum absolute atomic E-state index is 12.5. The van der Waals surface area contributed by atoms with E-state index in [1.165, 1.54) is 11.9 Å². The van der Waals surface area contributed by atoms with Gasteiger partial charge in [0.05, 0.1) is 22.3 Å². The highest BCUT2D eigenvalue weighted by molar-refractivity contribution is 6.22. The fourth-order valence-electron chi connectivity index (χ4n) is 3.98. The number of imide groups is 2. The lowest BCUT2D eigenvalue weighted by molar-refractivity contribution is 0.0649. The third-order valence-electron chi connectivity index (χ3n) is 5.57. The third kappa shape index (κ3) is 3.14. The summed E-state index contributed by atoms with van der Waals surface area (Å²) >= 11 is 0. The van der Waals surface area contributed by atoms with Gasteiger partial charge in [0.2, 0.25) is 0 Å². The van der Waals surface area contributed by atoms with Crippen LogP contribution in [0, 0.1) is 0 Å². The van der Waals surface area contributed by atoms with Crippen molar-refractivity contribution in [3.63, 3.8) is 0 Å². The van der Waals surface area contributed by atoms with Gasteiger partial charge in [0.1, 0.15) is 0 Å². The number of benzene rings is 2. The topological polar surface area (TPSA) is 74.8 Å². The molecule has 6 nitrogen and oxygen atoms in total. The number of carbonyl (C=O) groups is 4. The summed E-state index contributed by atoms with van der Waals surface area (Å²) in [7, 11) is 1.49. The maximum Gasteiger partial charge on any atom is 0.261 e. The smallest absolute Gasteiger partial charge is 0.261 e. The van der Waals surface area contributed by atoms with E-state index in [1.54, 1.807) is 18.2 Å². The molecule has 29 heavy (non-hydrogen) atoms. The largest absolute Gasteiger partial charge is 0.277 e. The van der Waals surface area contributed by atoms with Crippen LogP contribution in [0.1, 0.15) is 72.3 Å². The average Bonchev–Trinajstić information content (AvgIpc) is 3.08. The van der Waals surface area contributed by atoms with Gasteiger partial charge in [-0.3, -0.25) is 29.0 Å². The zero-order valence-corrected chi connectivity index (χ0v) is 16.5. The molecule has 148 valence electrons. The Morgan fingerprint density at radius 1 is 0.690 bits per heavy atom. The van der Waals surface area contributed by atoms with Gasteiger partial charge in [-0.05, 0) is 61.1 Å². The molecule has 4 rings (SSSR count). The van der Waals surface area contributed by atoms with E-state index in [4.69, 9.17) is 0 Å². The number of carbonyl (C=O) groups excluding carboxylic acids is 4. The van der Waals surface area contributed by atoms with Crippen molar-refractivity contribution in [1.29, 1.82) is 0 Å². The molecular formula is C23H22N2O4. The molecule has 0 aromatic heterocycles. The minimum atomic E-state index is -0.259. The van der Waals surface area contributed by atoms with Crippen LogP contribution in [0.25, 0.3) is 0 Å². The SMILES string of the molecule is CCCN1C(=O)c2ccc(CCCc3ccc4c(c3)C(=O)N(C)C4=O)cc2C1=O. The lowest BCUT2D eigenvalue weighted by Crippen LogP contribution is -2.30. The molecule has 2 aliphatic heterocycles.